The van der Waals surface area contributed by atoms with Gasteiger partial charge in [-0.15, -0.1) is 23.2 Å². The van der Waals surface area contributed by atoms with Gasteiger partial charge in [-0.25, -0.2) is 8.42 Å². The molecule has 0 bridgehead atoms. The summed E-state index contributed by atoms with van der Waals surface area (Å²) in [6.45, 7) is 12.8. The molecular weight excluding hydrogens is 591 g/mol. The third-order valence-electron chi connectivity index (χ3n) is 9.98. The number of halogens is 2. The quantitative estimate of drug-likeness (QED) is 0.0982. The molecule has 2 heterocycles. The summed E-state index contributed by atoms with van der Waals surface area (Å²) in [6.07, 6.45) is 16.8. The van der Waals surface area contributed by atoms with Gasteiger partial charge in [-0.05, 0) is 89.7 Å². The first kappa shape index (κ1) is 33.9. The van der Waals surface area contributed by atoms with Gasteiger partial charge in [-0.2, -0.15) is 0 Å². The fourth-order valence-electron chi connectivity index (χ4n) is 7.92. The Hall–Kier alpha value is -0.960. The molecular formula is C32H54Cl2N4O3S. The Morgan fingerprint density at radius 2 is 1.55 bits per heavy atom. The molecule has 3 fully saturated rings. The van der Waals surface area contributed by atoms with Crippen LogP contribution in [0.1, 0.15) is 105 Å². The Morgan fingerprint density at radius 1 is 0.881 bits per heavy atom. The van der Waals surface area contributed by atoms with Crippen molar-refractivity contribution in [1.82, 2.24) is 14.7 Å². The van der Waals surface area contributed by atoms with Gasteiger partial charge < -0.3 is 14.4 Å². The Kier molecular flexibility index (Phi) is 12.4. The van der Waals surface area contributed by atoms with E-state index in [1.165, 1.54) is 36.5 Å². The number of nitrogens with zero attached hydrogens (tertiary/aromatic N) is 4. The summed E-state index contributed by atoms with van der Waals surface area (Å²) in [5.74, 6) is 2.29. The predicted octanol–water partition coefficient (Wildman–Crippen LogP) is 6.12. The largest absolute Gasteiger partial charge is 0.748 e. The van der Waals surface area contributed by atoms with E-state index in [2.05, 4.69) is 59.1 Å². The first-order chi connectivity index (χ1) is 20.1. The van der Waals surface area contributed by atoms with Crippen molar-refractivity contribution >= 4 is 39.2 Å². The molecule has 10 heteroatoms. The molecule has 2 aliphatic carbocycles. The second-order valence-corrected chi connectivity index (χ2v) is 15.4. The average Bonchev–Trinajstić information content (AvgIpc) is 3.40. The number of rotatable bonds is 14. The summed E-state index contributed by atoms with van der Waals surface area (Å²) in [6, 6.07) is 1.73. The van der Waals surface area contributed by atoms with Gasteiger partial charge in [0, 0.05) is 42.1 Å². The normalized spacial score (nSPS) is 31.4. The van der Waals surface area contributed by atoms with Crippen molar-refractivity contribution in [2.75, 3.05) is 31.9 Å². The number of hydrogen-bond acceptors (Lipinski definition) is 6. The first-order valence-corrected chi connectivity index (χ1v) is 19.1. The number of amidine groups is 1. The minimum absolute atomic E-state index is 0.160. The van der Waals surface area contributed by atoms with Crippen LogP contribution in [0.15, 0.2) is 23.5 Å². The molecule has 4 rings (SSSR count). The van der Waals surface area contributed by atoms with E-state index >= 15 is 0 Å². The Morgan fingerprint density at radius 3 is 2.19 bits per heavy atom. The third-order valence-corrected chi connectivity index (χ3v) is 11.6. The van der Waals surface area contributed by atoms with Crippen molar-refractivity contribution < 1.29 is 17.5 Å². The average molecular weight is 646 g/mol. The van der Waals surface area contributed by atoms with Crippen LogP contribution >= 0.6 is 23.2 Å². The Balaban J connectivity index is 1.68. The highest BCUT2D eigenvalue weighted by atomic mass is 35.5. The zero-order valence-electron chi connectivity index (χ0n) is 26.3. The van der Waals surface area contributed by atoms with E-state index in [1.807, 2.05) is 0 Å². The van der Waals surface area contributed by atoms with Crippen molar-refractivity contribution in [3.63, 3.8) is 0 Å². The Labute approximate surface area is 265 Å². The van der Waals surface area contributed by atoms with Crippen LogP contribution in [0.2, 0.25) is 0 Å². The molecule has 0 N–H and O–H groups in total. The fraction of sp³-hybridized carbons (Fsp3) is 0.844. The van der Waals surface area contributed by atoms with Crippen LogP contribution in [0.3, 0.4) is 0 Å². The molecule has 7 nitrogen and oxygen atoms in total. The molecule has 6 atom stereocenters. The van der Waals surface area contributed by atoms with Crippen molar-refractivity contribution in [3.05, 3.63) is 23.5 Å². The SMILES string of the molecule is CCCCCN1C(C=C(C=C2N(CC)C3CCC(Cl)CC3N2CCCCS(=O)(=O)[O-])CC)=[N+](CC)C2CCC(Cl)CC21. The van der Waals surface area contributed by atoms with E-state index in [9.17, 15) is 13.0 Å². The van der Waals surface area contributed by atoms with E-state index in [0.717, 1.165) is 71.1 Å². The van der Waals surface area contributed by atoms with Crippen molar-refractivity contribution in [1.29, 1.82) is 0 Å². The standard InChI is InChI=1S/C32H54Cl2N4O3S/c1-5-9-10-17-37-29-22-25(33)13-15-27(29)35(7-3)31(37)20-24(6-2)21-32-36(8-4)28-16-14-26(34)23-30(28)38(32)18-11-12-19-42(39,40)41/h20-21,25-30H,5-19,22-23H2,1-4H3. The molecule has 42 heavy (non-hydrogen) atoms. The molecule has 2 aliphatic heterocycles. The van der Waals surface area contributed by atoms with E-state index in [1.54, 1.807) is 0 Å². The highest BCUT2D eigenvalue weighted by molar-refractivity contribution is 7.85. The molecule has 2 saturated carbocycles. The lowest BCUT2D eigenvalue weighted by Crippen LogP contribution is -2.45. The summed E-state index contributed by atoms with van der Waals surface area (Å²) < 4.78 is 36.4. The van der Waals surface area contributed by atoms with E-state index in [4.69, 9.17) is 23.2 Å². The molecule has 4 aliphatic rings. The summed E-state index contributed by atoms with van der Waals surface area (Å²) >= 11 is 13.4. The van der Waals surface area contributed by atoms with Gasteiger partial charge in [0.2, 0.25) is 0 Å². The number of likely N-dealkylation sites (N-methyl/N-ethyl adjacent to an activating group) is 2. The first-order valence-electron chi connectivity index (χ1n) is 16.7. The Bertz CT molecular complexity index is 1110. The van der Waals surface area contributed by atoms with Crippen molar-refractivity contribution in [2.24, 2.45) is 0 Å². The van der Waals surface area contributed by atoms with Crippen LogP contribution in [0.5, 0.6) is 0 Å². The van der Waals surface area contributed by atoms with E-state index in [0.29, 0.717) is 37.0 Å². The van der Waals surface area contributed by atoms with Gasteiger partial charge in [0.25, 0.3) is 5.84 Å². The van der Waals surface area contributed by atoms with Crippen molar-refractivity contribution in [2.45, 2.75) is 140 Å². The molecule has 0 aromatic heterocycles. The molecule has 6 unspecified atom stereocenters. The van der Waals surface area contributed by atoms with Crippen LogP contribution in [0.25, 0.3) is 0 Å². The highest BCUT2D eigenvalue weighted by Crippen LogP contribution is 2.41. The van der Waals surface area contributed by atoms with Gasteiger partial charge >= 0.3 is 0 Å². The topological polar surface area (TPSA) is 69.9 Å². The molecule has 0 aromatic carbocycles. The molecule has 240 valence electrons. The summed E-state index contributed by atoms with van der Waals surface area (Å²) in [5.41, 5.74) is 1.31. The lowest BCUT2D eigenvalue weighted by Gasteiger charge is -2.34. The number of fused-ring (bicyclic) bond motifs is 2. The van der Waals surface area contributed by atoms with E-state index in [-0.39, 0.29) is 16.5 Å². The maximum Gasteiger partial charge on any atom is 0.272 e. The van der Waals surface area contributed by atoms with Crippen LogP contribution < -0.4 is 0 Å². The number of unbranched alkanes of at least 4 members (excludes halogenated alkanes) is 3. The molecule has 1 saturated heterocycles. The van der Waals surface area contributed by atoms with Gasteiger partial charge in [0.1, 0.15) is 17.9 Å². The van der Waals surface area contributed by atoms with Crippen molar-refractivity contribution in [3.8, 4) is 0 Å². The van der Waals surface area contributed by atoms with Gasteiger partial charge in [-0.1, -0.05) is 20.3 Å². The smallest absolute Gasteiger partial charge is 0.272 e. The van der Waals surface area contributed by atoms with Crippen LogP contribution in [-0.4, -0.2) is 105 Å². The summed E-state index contributed by atoms with van der Waals surface area (Å²) in [4.78, 5) is 7.71. The lowest BCUT2D eigenvalue weighted by atomic mass is 9.89. The maximum atomic E-state index is 11.3. The number of hydrogen-bond donors (Lipinski definition) is 0. The highest BCUT2D eigenvalue weighted by Gasteiger charge is 2.49. The zero-order valence-corrected chi connectivity index (χ0v) is 28.6. The predicted molar refractivity (Wildman–Crippen MR) is 174 cm³/mol. The monoisotopic (exact) mass is 644 g/mol. The van der Waals surface area contributed by atoms with Crippen LogP contribution in [0.4, 0.5) is 0 Å². The van der Waals surface area contributed by atoms with Gasteiger partial charge in [0.15, 0.2) is 0 Å². The van der Waals surface area contributed by atoms with E-state index < -0.39 is 10.1 Å². The lowest BCUT2D eigenvalue weighted by molar-refractivity contribution is -0.558. The van der Waals surface area contributed by atoms with Gasteiger partial charge in [0.05, 0.1) is 35.3 Å². The summed E-state index contributed by atoms with van der Waals surface area (Å²) in [5, 5.41) is 0.415. The molecule has 0 amide bonds. The third kappa shape index (κ3) is 8.00. The second kappa shape index (κ2) is 15.4. The fourth-order valence-corrected chi connectivity index (χ4v) is 9.10. The zero-order chi connectivity index (χ0) is 30.4. The number of alkyl halides is 2. The van der Waals surface area contributed by atoms with Crippen LogP contribution in [0, 0.1) is 0 Å². The second-order valence-electron chi connectivity index (χ2n) is 12.7. The summed E-state index contributed by atoms with van der Waals surface area (Å²) in [7, 11) is -4.20. The molecule has 0 spiro atoms. The molecule has 0 aromatic rings. The number of allylic oxidation sites excluding steroid dienone is 2. The van der Waals surface area contributed by atoms with Crippen LogP contribution in [-0.2, 0) is 10.1 Å². The minimum Gasteiger partial charge on any atom is -0.748 e. The molecule has 0 radical (unpaired) electrons. The minimum atomic E-state index is -4.20. The van der Waals surface area contributed by atoms with Gasteiger partial charge in [-0.3, -0.25) is 9.48 Å². The maximum absolute atomic E-state index is 11.3.